The van der Waals surface area contributed by atoms with Crippen LogP contribution in [0.5, 0.6) is 0 Å². The number of aliphatic hydroxyl groups excluding tert-OH is 2. The highest BCUT2D eigenvalue weighted by Crippen LogP contribution is 2.23. The van der Waals surface area contributed by atoms with Crippen LogP contribution in [-0.4, -0.2) is 112 Å². The predicted octanol–water partition coefficient (Wildman–Crippen LogP) is 2.68. The summed E-state index contributed by atoms with van der Waals surface area (Å²) in [6, 6.07) is 12.7. The van der Waals surface area contributed by atoms with Crippen LogP contribution in [0.4, 0.5) is 4.79 Å². The van der Waals surface area contributed by atoms with Crippen LogP contribution < -0.4 is 5.32 Å². The largest absolute Gasteiger partial charge is 0.411 e. The van der Waals surface area contributed by atoms with Crippen molar-refractivity contribution in [1.82, 2.24) is 24.4 Å². The maximum Gasteiger partial charge on any atom is 0.321 e. The molecule has 0 bridgehead atoms. The number of nitrogens with one attached hydrogen (secondary N) is 1. The van der Waals surface area contributed by atoms with Gasteiger partial charge in [-0.25, -0.2) is 18.2 Å². The lowest BCUT2D eigenvalue weighted by molar-refractivity contribution is -0.128. The third-order valence-corrected chi connectivity index (χ3v) is 10.7. The van der Waals surface area contributed by atoms with Crippen molar-refractivity contribution >= 4 is 39.5 Å². The third-order valence-electron chi connectivity index (χ3n) is 8.06. The van der Waals surface area contributed by atoms with Gasteiger partial charge in [0.25, 0.3) is 0 Å². The van der Waals surface area contributed by atoms with Crippen molar-refractivity contribution in [2.45, 2.75) is 69.8 Å². The number of amides is 3. The fourth-order valence-electron chi connectivity index (χ4n) is 5.75. The number of hydrogen-bond acceptors (Lipinski definition) is 10. The summed E-state index contributed by atoms with van der Waals surface area (Å²) in [5.41, 5.74) is 2.06. The summed E-state index contributed by atoms with van der Waals surface area (Å²) in [5, 5.41) is 39.4. The summed E-state index contributed by atoms with van der Waals surface area (Å²) < 4.78 is 28.4. The number of aliphatic hydroxyl groups is 2. The van der Waals surface area contributed by atoms with Gasteiger partial charge in [-0.15, -0.1) is 11.3 Å². The number of hydrogen-bond donors (Lipinski definition) is 4. The fourth-order valence-corrected chi connectivity index (χ4v) is 7.89. The number of oxime groups is 1. The normalized spacial score (nSPS) is 16.5. The average molecular weight is 701 g/mol. The molecule has 1 unspecified atom stereocenters. The lowest BCUT2D eigenvalue weighted by Gasteiger charge is -2.34. The van der Waals surface area contributed by atoms with Gasteiger partial charge in [0, 0.05) is 31.6 Å². The quantitative estimate of drug-likeness (QED) is 0.100. The monoisotopic (exact) mass is 700 g/mol. The van der Waals surface area contributed by atoms with Crippen molar-refractivity contribution < 1.29 is 33.4 Å². The van der Waals surface area contributed by atoms with E-state index in [2.05, 4.69) is 15.5 Å². The van der Waals surface area contributed by atoms with E-state index in [1.54, 1.807) is 9.80 Å². The number of benzene rings is 2. The molecular formula is C33H44N6O7S2. The Bertz CT molecular complexity index is 1650. The summed E-state index contributed by atoms with van der Waals surface area (Å²) >= 11 is 1.51. The molecule has 1 aliphatic heterocycles. The van der Waals surface area contributed by atoms with Gasteiger partial charge in [0.1, 0.15) is 6.04 Å². The summed E-state index contributed by atoms with van der Waals surface area (Å²) in [7, 11) is -4.21. The highest BCUT2D eigenvalue weighted by molar-refractivity contribution is 7.89. The van der Waals surface area contributed by atoms with Gasteiger partial charge in [-0.2, -0.15) is 4.31 Å². The summed E-state index contributed by atoms with van der Waals surface area (Å²) in [4.78, 5) is 35.1. The number of carbonyl (C=O) groups excluding carboxylic acids is 2. The zero-order valence-corrected chi connectivity index (χ0v) is 29.1. The smallest absolute Gasteiger partial charge is 0.321 e. The first-order valence-electron chi connectivity index (χ1n) is 15.7. The van der Waals surface area contributed by atoms with Crippen molar-refractivity contribution in [1.29, 1.82) is 0 Å². The molecule has 2 heterocycles. The lowest BCUT2D eigenvalue weighted by Crippen LogP contribution is -2.57. The standard InChI is InChI=1S/C33H44N6O7S2/c1-22(2)31(39-15-14-37(33(39)43)19-27-21-47-24(4)35-27)32(42)36-29(16-25-8-6-5-7-9-25)30(41)20-38(18-23(3)40)48(45,46)28-12-10-26(11-13-28)17-34-44/h5-13,17,21-23,29-31,40-41,44H,14-16,18-20H2,1-4H3,(H,36,42)/t23?,29-,30+,31-/m0/s1. The molecule has 0 spiro atoms. The molecule has 1 aliphatic rings. The maximum atomic E-state index is 14.0. The van der Waals surface area contributed by atoms with Crippen LogP contribution >= 0.6 is 11.3 Å². The topological polar surface area (TPSA) is 176 Å². The number of aromatic nitrogens is 1. The van der Waals surface area contributed by atoms with Crippen molar-refractivity contribution in [3.8, 4) is 0 Å². The Labute approximate surface area is 285 Å². The van der Waals surface area contributed by atoms with E-state index in [-0.39, 0.29) is 29.8 Å². The third kappa shape index (κ3) is 9.38. The molecule has 15 heteroatoms. The maximum absolute atomic E-state index is 14.0. The van der Waals surface area contributed by atoms with E-state index in [9.17, 15) is 28.2 Å². The molecule has 48 heavy (non-hydrogen) atoms. The Morgan fingerprint density at radius 2 is 1.77 bits per heavy atom. The zero-order chi connectivity index (χ0) is 35.0. The van der Waals surface area contributed by atoms with E-state index < -0.39 is 46.8 Å². The number of nitrogens with zero attached hydrogens (tertiary/aromatic N) is 5. The number of thiazole rings is 1. The van der Waals surface area contributed by atoms with Gasteiger partial charge in [-0.05, 0) is 49.4 Å². The van der Waals surface area contributed by atoms with Crippen LogP contribution in [0.3, 0.4) is 0 Å². The molecule has 0 aliphatic carbocycles. The molecule has 2 aromatic carbocycles. The SMILES string of the molecule is Cc1nc(CN2CCN([C@H](C(=O)N[C@@H](Cc3ccccc3)[C@H](O)CN(CC(C)O)S(=O)(=O)c3ccc(C=NO)cc3)C(C)C)C2=O)cs1. The Morgan fingerprint density at radius 1 is 1.08 bits per heavy atom. The summed E-state index contributed by atoms with van der Waals surface area (Å²) in [6.07, 6.45) is -1.11. The second-order valence-electron chi connectivity index (χ2n) is 12.3. The fraction of sp³-hybridized carbons (Fsp3) is 0.455. The van der Waals surface area contributed by atoms with Crippen LogP contribution in [0.15, 0.2) is 70.0 Å². The van der Waals surface area contributed by atoms with Crippen molar-refractivity contribution in [2.24, 2.45) is 11.1 Å². The molecule has 4 atom stereocenters. The molecule has 4 N–H and O–H groups in total. The van der Waals surface area contributed by atoms with Crippen molar-refractivity contribution in [3.05, 3.63) is 81.8 Å². The lowest BCUT2D eigenvalue weighted by atomic mass is 9.98. The highest BCUT2D eigenvalue weighted by atomic mass is 32.2. The molecule has 1 saturated heterocycles. The molecule has 3 amide bonds. The van der Waals surface area contributed by atoms with Crippen molar-refractivity contribution in [2.75, 3.05) is 26.2 Å². The first-order valence-corrected chi connectivity index (χ1v) is 18.1. The van der Waals surface area contributed by atoms with Crippen LogP contribution in [0, 0.1) is 12.8 Å². The van der Waals surface area contributed by atoms with Crippen LogP contribution in [0.1, 0.15) is 42.6 Å². The van der Waals surface area contributed by atoms with Gasteiger partial charge < -0.3 is 30.5 Å². The molecule has 1 aromatic heterocycles. The molecule has 1 fully saturated rings. The van der Waals surface area contributed by atoms with Crippen LogP contribution in [-0.2, 0) is 27.8 Å². The number of carbonyl (C=O) groups is 2. The Hall–Kier alpha value is -3.89. The summed E-state index contributed by atoms with van der Waals surface area (Å²) in [5.74, 6) is -0.730. The number of rotatable bonds is 16. The van der Waals surface area contributed by atoms with E-state index in [0.29, 0.717) is 25.2 Å². The molecule has 0 saturated carbocycles. The van der Waals surface area contributed by atoms with E-state index in [1.165, 1.54) is 42.5 Å². The molecule has 13 nitrogen and oxygen atoms in total. The predicted molar refractivity (Wildman–Crippen MR) is 182 cm³/mol. The average Bonchev–Trinajstić information content (AvgIpc) is 3.61. The van der Waals surface area contributed by atoms with Gasteiger partial charge in [0.2, 0.25) is 15.9 Å². The second-order valence-corrected chi connectivity index (χ2v) is 15.3. The molecule has 4 rings (SSSR count). The minimum absolute atomic E-state index is 0.0844. The molecular weight excluding hydrogens is 657 g/mol. The minimum Gasteiger partial charge on any atom is -0.411 e. The number of sulfonamides is 1. The Balaban J connectivity index is 1.57. The zero-order valence-electron chi connectivity index (χ0n) is 27.5. The first kappa shape index (κ1) is 36.9. The minimum atomic E-state index is -4.21. The van der Waals surface area contributed by atoms with Gasteiger partial charge >= 0.3 is 6.03 Å². The second kappa shape index (κ2) is 16.5. The molecule has 3 aromatic rings. The number of aryl methyl sites for hydroxylation is 1. The van der Waals surface area contributed by atoms with Crippen LogP contribution in [0.25, 0.3) is 0 Å². The van der Waals surface area contributed by atoms with Gasteiger partial charge in [0.15, 0.2) is 0 Å². The Morgan fingerprint density at radius 3 is 2.35 bits per heavy atom. The van der Waals surface area contributed by atoms with Crippen molar-refractivity contribution in [3.63, 3.8) is 0 Å². The molecule has 0 radical (unpaired) electrons. The highest BCUT2D eigenvalue weighted by Gasteiger charge is 2.40. The van der Waals surface area contributed by atoms with Gasteiger partial charge in [-0.1, -0.05) is 61.5 Å². The first-order chi connectivity index (χ1) is 22.8. The van der Waals surface area contributed by atoms with E-state index in [1.807, 2.05) is 56.5 Å². The summed E-state index contributed by atoms with van der Waals surface area (Å²) in [6.45, 7) is 7.41. The number of urea groups is 1. The van der Waals surface area contributed by atoms with Gasteiger partial charge in [-0.3, -0.25) is 4.79 Å². The van der Waals surface area contributed by atoms with Crippen LogP contribution in [0.2, 0.25) is 0 Å². The van der Waals surface area contributed by atoms with Gasteiger partial charge in [0.05, 0.1) is 46.6 Å². The van der Waals surface area contributed by atoms with E-state index >= 15 is 0 Å². The van der Waals surface area contributed by atoms with E-state index in [4.69, 9.17) is 5.21 Å². The Kier molecular flexibility index (Phi) is 12.7. The molecule has 260 valence electrons. The van der Waals surface area contributed by atoms with E-state index in [0.717, 1.165) is 26.8 Å².